The van der Waals surface area contributed by atoms with E-state index in [1.165, 1.54) is 37.9 Å². The summed E-state index contributed by atoms with van der Waals surface area (Å²) in [5.41, 5.74) is 3.69. The van der Waals surface area contributed by atoms with Gasteiger partial charge in [-0.25, -0.2) is 9.07 Å². The predicted molar refractivity (Wildman–Crippen MR) is 102 cm³/mol. The summed E-state index contributed by atoms with van der Waals surface area (Å²) in [7, 11) is 0. The Bertz CT molecular complexity index is 829. The van der Waals surface area contributed by atoms with Crippen molar-refractivity contribution in [2.75, 3.05) is 13.1 Å². The molecule has 1 saturated carbocycles. The first kappa shape index (κ1) is 18.2. The zero-order valence-corrected chi connectivity index (χ0v) is 16.0. The van der Waals surface area contributed by atoms with Crippen LogP contribution in [-0.2, 0) is 11.3 Å². The quantitative estimate of drug-likeness (QED) is 0.850. The van der Waals surface area contributed by atoms with Crippen molar-refractivity contribution in [3.05, 3.63) is 47.0 Å². The fourth-order valence-electron chi connectivity index (χ4n) is 4.59. The van der Waals surface area contributed by atoms with Crippen LogP contribution >= 0.6 is 0 Å². The van der Waals surface area contributed by atoms with E-state index in [1.54, 1.807) is 16.8 Å². The van der Waals surface area contributed by atoms with Crippen LogP contribution in [0, 0.1) is 25.6 Å². The molecule has 2 bridgehead atoms. The number of benzene rings is 1. The lowest BCUT2D eigenvalue weighted by molar-refractivity contribution is -0.121. The Morgan fingerprint density at radius 3 is 2.70 bits per heavy atom. The van der Waals surface area contributed by atoms with E-state index in [9.17, 15) is 9.18 Å². The Labute approximate surface area is 159 Å². The van der Waals surface area contributed by atoms with Gasteiger partial charge in [-0.05, 0) is 63.3 Å². The van der Waals surface area contributed by atoms with E-state index >= 15 is 0 Å². The minimum absolute atomic E-state index is 0.0890. The monoisotopic (exact) mass is 370 g/mol. The van der Waals surface area contributed by atoms with Crippen LogP contribution in [0.3, 0.4) is 0 Å². The maximum absolute atomic E-state index is 13.2. The molecule has 5 nitrogen and oxygen atoms in total. The number of amides is 1. The molecule has 0 unspecified atom stereocenters. The average Bonchev–Trinajstić information content (AvgIpc) is 3.35. The van der Waals surface area contributed by atoms with Crippen LogP contribution in [0.25, 0.3) is 5.69 Å². The molecule has 1 aromatic carbocycles. The van der Waals surface area contributed by atoms with Gasteiger partial charge in [0.1, 0.15) is 5.82 Å². The van der Waals surface area contributed by atoms with Crippen LogP contribution in [0.2, 0.25) is 0 Å². The fraction of sp³-hybridized carbons (Fsp3) is 0.524. The minimum Gasteiger partial charge on any atom is -0.352 e. The smallest absolute Gasteiger partial charge is 0.221 e. The lowest BCUT2D eigenvalue weighted by Gasteiger charge is -2.26. The summed E-state index contributed by atoms with van der Waals surface area (Å²) in [6.45, 7) is 6.42. The van der Waals surface area contributed by atoms with Crippen molar-refractivity contribution in [3.8, 4) is 5.69 Å². The molecule has 2 aromatic rings. The Kier molecular flexibility index (Phi) is 5.00. The first-order valence-corrected chi connectivity index (χ1v) is 9.83. The number of likely N-dealkylation sites (tertiary alicyclic amines) is 1. The van der Waals surface area contributed by atoms with Crippen molar-refractivity contribution in [2.45, 2.75) is 52.1 Å². The van der Waals surface area contributed by atoms with Gasteiger partial charge in [-0.1, -0.05) is 0 Å². The van der Waals surface area contributed by atoms with E-state index in [0.29, 0.717) is 19.0 Å². The van der Waals surface area contributed by atoms with Crippen molar-refractivity contribution >= 4 is 5.91 Å². The summed E-state index contributed by atoms with van der Waals surface area (Å²) in [5, 5.41) is 7.60. The molecule has 1 amide bonds. The third-order valence-corrected chi connectivity index (χ3v) is 6.12. The molecule has 1 saturated heterocycles. The van der Waals surface area contributed by atoms with Crippen LogP contribution in [0.1, 0.15) is 42.6 Å². The van der Waals surface area contributed by atoms with Gasteiger partial charge in [0.25, 0.3) is 0 Å². The maximum Gasteiger partial charge on any atom is 0.221 e. The number of carbonyl (C=O) groups is 1. The van der Waals surface area contributed by atoms with Crippen LogP contribution in [0.4, 0.5) is 4.39 Å². The Balaban J connectivity index is 1.34. The molecule has 2 fully saturated rings. The summed E-state index contributed by atoms with van der Waals surface area (Å²) in [6, 6.07) is 6.99. The summed E-state index contributed by atoms with van der Waals surface area (Å²) in [4.78, 5) is 14.8. The number of piperidine rings is 1. The van der Waals surface area contributed by atoms with Gasteiger partial charge in [-0.15, -0.1) is 0 Å². The van der Waals surface area contributed by atoms with Crippen LogP contribution < -0.4 is 5.32 Å². The molecule has 0 radical (unpaired) electrons. The third kappa shape index (κ3) is 3.76. The van der Waals surface area contributed by atoms with Gasteiger partial charge < -0.3 is 5.32 Å². The number of hydrogen-bond donors (Lipinski definition) is 1. The predicted octanol–water partition coefficient (Wildman–Crippen LogP) is 3.12. The number of fused-ring (bicyclic) bond motifs is 2. The molecule has 2 aliphatic rings. The normalized spacial score (nSPS) is 21.7. The Morgan fingerprint density at radius 1 is 1.26 bits per heavy atom. The summed E-state index contributed by atoms with van der Waals surface area (Å²) >= 11 is 0. The topological polar surface area (TPSA) is 50.2 Å². The number of rotatable bonds is 6. The van der Waals surface area contributed by atoms with Crippen molar-refractivity contribution in [3.63, 3.8) is 0 Å². The molecule has 1 aliphatic carbocycles. The molecule has 1 aliphatic heterocycles. The van der Waals surface area contributed by atoms with Gasteiger partial charge in [0.15, 0.2) is 0 Å². The molecule has 27 heavy (non-hydrogen) atoms. The molecule has 1 N–H and O–H groups in total. The van der Waals surface area contributed by atoms with Crippen molar-refractivity contribution in [1.82, 2.24) is 20.0 Å². The highest BCUT2D eigenvalue weighted by molar-refractivity contribution is 5.76. The largest absolute Gasteiger partial charge is 0.352 e. The van der Waals surface area contributed by atoms with Gasteiger partial charge in [-0.3, -0.25) is 9.69 Å². The lowest BCUT2D eigenvalue weighted by atomic mass is 10.1. The highest BCUT2D eigenvalue weighted by atomic mass is 19.1. The van der Waals surface area contributed by atoms with Crippen LogP contribution in [0.5, 0.6) is 0 Å². The number of carbonyl (C=O) groups excluding carboxylic acids is 1. The first-order valence-electron chi connectivity index (χ1n) is 9.83. The summed E-state index contributed by atoms with van der Waals surface area (Å²) in [6.07, 6.45) is 4.53. The van der Waals surface area contributed by atoms with Crippen molar-refractivity contribution in [2.24, 2.45) is 5.92 Å². The number of hydrogen-bond acceptors (Lipinski definition) is 3. The average molecular weight is 370 g/mol. The molecular formula is C21H27FN4O. The van der Waals surface area contributed by atoms with Crippen molar-refractivity contribution in [1.29, 1.82) is 0 Å². The molecule has 144 valence electrons. The number of halogens is 1. The van der Waals surface area contributed by atoms with Gasteiger partial charge in [0, 0.05) is 43.4 Å². The maximum atomic E-state index is 13.2. The van der Waals surface area contributed by atoms with Gasteiger partial charge in [0.05, 0.1) is 11.4 Å². The number of aryl methyl sites for hydroxylation is 1. The van der Waals surface area contributed by atoms with Crippen molar-refractivity contribution < 1.29 is 9.18 Å². The number of nitrogens with zero attached hydrogens (tertiary/aromatic N) is 3. The highest BCUT2D eigenvalue weighted by Gasteiger charge is 2.37. The van der Waals surface area contributed by atoms with E-state index in [1.807, 2.05) is 13.8 Å². The molecule has 4 rings (SSSR count). The second kappa shape index (κ2) is 7.43. The molecule has 6 heteroatoms. The van der Waals surface area contributed by atoms with E-state index < -0.39 is 0 Å². The molecule has 1 aromatic heterocycles. The lowest BCUT2D eigenvalue weighted by Crippen LogP contribution is -2.35. The summed E-state index contributed by atoms with van der Waals surface area (Å²) < 4.78 is 15.0. The second-order valence-corrected chi connectivity index (χ2v) is 7.89. The molecule has 0 spiro atoms. The fourth-order valence-corrected chi connectivity index (χ4v) is 4.59. The SMILES string of the molecule is Cc1nn(-c2ccc(F)cc2)c(C)c1CNC(=O)CCN1C[C@@H]2CC[C@H]1C2. The van der Waals surface area contributed by atoms with E-state index in [2.05, 4.69) is 15.3 Å². The minimum atomic E-state index is -0.265. The third-order valence-electron chi connectivity index (χ3n) is 6.12. The summed E-state index contributed by atoms with van der Waals surface area (Å²) in [5.74, 6) is 0.686. The second-order valence-electron chi connectivity index (χ2n) is 7.89. The van der Waals surface area contributed by atoms with E-state index in [0.717, 1.165) is 35.1 Å². The Morgan fingerprint density at radius 2 is 2.04 bits per heavy atom. The molecule has 2 heterocycles. The Hall–Kier alpha value is -2.21. The van der Waals surface area contributed by atoms with Gasteiger partial charge in [-0.2, -0.15) is 5.10 Å². The van der Waals surface area contributed by atoms with Crippen LogP contribution in [-0.4, -0.2) is 39.7 Å². The number of aromatic nitrogens is 2. The first-order chi connectivity index (χ1) is 13.0. The standard InChI is InChI=1S/C21H27FN4O/c1-14-20(15(2)26(24-14)18-7-4-17(22)5-8-18)12-23-21(27)9-10-25-13-16-3-6-19(25)11-16/h4-5,7-8,16,19H,3,6,9-13H2,1-2H3,(H,23,27)/t16-,19+/m1/s1. The molecule has 2 atom stereocenters. The van der Waals surface area contributed by atoms with Gasteiger partial charge in [0.2, 0.25) is 5.91 Å². The van der Waals surface area contributed by atoms with Gasteiger partial charge >= 0.3 is 0 Å². The number of nitrogens with one attached hydrogen (secondary N) is 1. The van der Waals surface area contributed by atoms with E-state index in [-0.39, 0.29) is 11.7 Å². The highest BCUT2D eigenvalue weighted by Crippen LogP contribution is 2.37. The van der Waals surface area contributed by atoms with Crippen LogP contribution in [0.15, 0.2) is 24.3 Å². The zero-order chi connectivity index (χ0) is 19.0. The van der Waals surface area contributed by atoms with E-state index in [4.69, 9.17) is 0 Å². The zero-order valence-electron chi connectivity index (χ0n) is 16.0. The molecular weight excluding hydrogens is 343 g/mol.